The molecule has 0 N–H and O–H groups in total. The van der Waals surface area contributed by atoms with Gasteiger partial charge in [0.2, 0.25) is 0 Å². The number of ketones is 2. The monoisotopic (exact) mass is 633 g/mol. The molecule has 6 aromatic carbocycles. The van der Waals surface area contributed by atoms with Gasteiger partial charge in [-0.15, -0.1) is 0 Å². The molecule has 0 aliphatic heterocycles. The second kappa shape index (κ2) is 10.3. The minimum atomic E-state index is -0.213. The summed E-state index contributed by atoms with van der Waals surface area (Å²) in [5.41, 5.74) is 15.3. The van der Waals surface area contributed by atoms with Crippen molar-refractivity contribution in [2.45, 2.75) is 38.5 Å². The van der Waals surface area contributed by atoms with Crippen molar-refractivity contribution in [3.8, 4) is 22.3 Å². The van der Waals surface area contributed by atoms with Crippen molar-refractivity contribution in [2.24, 2.45) is 0 Å². The number of fused-ring (bicyclic) bond motifs is 7. The summed E-state index contributed by atoms with van der Waals surface area (Å²) in [6, 6.07) is 46.4. The molecular weight excluding hydrogens is 599 g/mol. The number of benzene rings is 6. The number of anilines is 3. The smallest absolute Gasteiger partial charge is 0.197 e. The number of hydrogen-bond acceptors (Lipinski definition) is 3. The summed E-state index contributed by atoms with van der Waals surface area (Å²) in [6.07, 6.45) is 1.73. The largest absolute Gasteiger partial charge is 0.310 e. The Kier molecular flexibility index (Phi) is 6.20. The summed E-state index contributed by atoms with van der Waals surface area (Å²) in [5, 5.41) is 0. The number of carbonyl (C=O) groups excluding carboxylic acids is 2. The lowest BCUT2D eigenvalue weighted by molar-refractivity contribution is 0.0990. The van der Waals surface area contributed by atoms with Gasteiger partial charge in [0.15, 0.2) is 11.6 Å². The van der Waals surface area contributed by atoms with E-state index in [1.54, 1.807) is 30.3 Å². The molecule has 0 atom stereocenters. The van der Waals surface area contributed by atoms with Gasteiger partial charge in [-0.3, -0.25) is 9.59 Å². The van der Waals surface area contributed by atoms with Crippen molar-refractivity contribution < 1.29 is 9.59 Å². The van der Waals surface area contributed by atoms with Crippen molar-refractivity contribution in [2.75, 3.05) is 4.90 Å². The zero-order chi connectivity index (χ0) is 33.7. The lowest BCUT2D eigenvalue weighted by Gasteiger charge is -2.29. The molecule has 3 heteroatoms. The maximum Gasteiger partial charge on any atom is 0.197 e. The minimum Gasteiger partial charge on any atom is -0.310 e. The van der Waals surface area contributed by atoms with Gasteiger partial charge in [-0.1, -0.05) is 125 Å². The molecule has 3 aliphatic rings. The highest BCUT2D eigenvalue weighted by Gasteiger charge is 2.38. The van der Waals surface area contributed by atoms with Crippen LogP contribution in [0.5, 0.6) is 0 Å². The van der Waals surface area contributed by atoms with Gasteiger partial charge in [0.1, 0.15) is 0 Å². The number of carbonyl (C=O) groups is 2. The van der Waals surface area contributed by atoms with Crippen molar-refractivity contribution in [3.05, 3.63) is 178 Å². The molecule has 0 spiro atoms. The molecule has 3 aliphatic carbocycles. The fourth-order valence-corrected chi connectivity index (χ4v) is 8.40. The molecule has 0 fully saturated rings. The predicted molar refractivity (Wildman–Crippen MR) is 199 cm³/mol. The van der Waals surface area contributed by atoms with E-state index in [0.717, 1.165) is 22.6 Å². The molecule has 0 saturated carbocycles. The Morgan fingerprint density at radius 1 is 0.429 bits per heavy atom. The Labute approximate surface area is 287 Å². The lowest BCUT2D eigenvalue weighted by Crippen LogP contribution is -2.18. The first-order valence-electron chi connectivity index (χ1n) is 16.9. The first kappa shape index (κ1) is 29.3. The van der Waals surface area contributed by atoms with E-state index in [-0.39, 0.29) is 28.0 Å². The standard InChI is InChI=1S/C46H35NO2/c1-45(2)39-15-9-7-11-32(39)34-23-21-30(26-41(34)45)47(31-22-24-35-33-12-8-10-16-40(33)46(3,4)42(35)27-31)29-19-17-28(18-20-29)25-38-43(48)36-13-5-6-14-37(36)44(38)49/h5-27H,1-4H3. The Bertz CT molecular complexity index is 2280. The van der Waals surface area contributed by atoms with E-state index in [0.29, 0.717) is 11.1 Å². The zero-order valence-electron chi connectivity index (χ0n) is 28.0. The maximum atomic E-state index is 13.1. The zero-order valence-corrected chi connectivity index (χ0v) is 28.0. The van der Waals surface area contributed by atoms with Crippen molar-refractivity contribution in [1.82, 2.24) is 0 Å². The van der Waals surface area contributed by atoms with Crippen LogP contribution in [-0.4, -0.2) is 11.6 Å². The molecule has 236 valence electrons. The summed E-state index contributed by atoms with van der Waals surface area (Å²) in [6.45, 7) is 9.25. The lowest BCUT2D eigenvalue weighted by atomic mass is 9.82. The van der Waals surface area contributed by atoms with Gasteiger partial charge in [-0.05, 0) is 92.5 Å². The Hall–Kier alpha value is -5.80. The van der Waals surface area contributed by atoms with Crippen LogP contribution in [0.2, 0.25) is 0 Å². The van der Waals surface area contributed by atoms with E-state index in [1.165, 1.54) is 44.5 Å². The normalized spacial score (nSPS) is 15.7. The summed E-state index contributed by atoms with van der Waals surface area (Å²) < 4.78 is 0. The van der Waals surface area contributed by atoms with Crippen molar-refractivity contribution in [1.29, 1.82) is 0 Å². The molecule has 3 nitrogen and oxygen atoms in total. The van der Waals surface area contributed by atoms with Crippen LogP contribution in [-0.2, 0) is 10.8 Å². The molecule has 0 bridgehead atoms. The molecule has 0 amide bonds. The number of nitrogens with zero attached hydrogens (tertiary/aromatic N) is 1. The van der Waals surface area contributed by atoms with E-state index in [2.05, 4.69) is 130 Å². The van der Waals surface area contributed by atoms with Gasteiger partial charge >= 0.3 is 0 Å². The van der Waals surface area contributed by atoms with Gasteiger partial charge in [0.25, 0.3) is 0 Å². The quantitative estimate of drug-likeness (QED) is 0.143. The van der Waals surface area contributed by atoms with Gasteiger partial charge in [0, 0.05) is 39.0 Å². The first-order chi connectivity index (χ1) is 23.6. The van der Waals surface area contributed by atoms with Crippen LogP contribution in [0.15, 0.2) is 139 Å². The molecule has 0 saturated heterocycles. The third-order valence-electron chi connectivity index (χ3n) is 11.0. The molecule has 9 rings (SSSR count). The third-order valence-corrected chi connectivity index (χ3v) is 11.0. The molecule has 0 aromatic heterocycles. The average molecular weight is 634 g/mol. The van der Waals surface area contributed by atoms with E-state index in [1.807, 2.05) is 12.1 Å². The summed E-state index contributed by atoms with van der Waals surface area (Å²) in [4.78, 5) is 28.6. The minimum absolute atomic E-state index is 0.136. The Balaban J connectivity index is 1.17. The van der Waals surface area contributed by atoms with Gasteiger partial charge < -0.3 is 4.90 Å². The SMILES string of the molecule is CC1(C)c2ccccc2-c2ccc(N(c3ccc(C=C4C(=O)c5ccccc5C4=O)cc3)c3ccc4c(c3)C(C)(C)c3ccccc3-4)cc21. The molecule has 0 radical (unpaired) electrons. The second-order valence-electron chi connectivity index (χ2n) is 14.5. The number of Topliss-reactive ketones (excluding diaryl/α,β-unsaturated/α-hetero) is 2. The molecular formula is C46H35NO2. The van der Waals surface area contributed by atoms with Crippen LogP contribution in [0, 0.1) is 0 Å². The van der Waals surface area contributed by atoms with Crippen molar-refractivity contribution >= 4 is 34.7 Å². The topological polar surface area (TPSA) is 37.4 Å². The average Bonchev–Trinajstić information content (AvgIpc) is 3.61. The molecule has 49 heavy (non-hydrogen) atoms. The van der Waals surface area contributed by atoms with Crippen LogP contribution >= 0.6 is 0 Å². The maximum absolute atomic E-state index is 13.1. The fourth-order valence-electron chi connectivity index (χ4n) is 8.40. The highest BCUT2D eigenvalue weighted by atomic mass is 16.2. The van der Waals surface area contributed by atoms with Crippen LogP contribution < -0.4 is 4.90 Å². The van der Waals surface area contributed by atoms with E-state index >= 15 is 0 Å². The Morgan fingerprint density at radius 2 is 0.816 bits per heavy atom. The van der Waals surface area contributed by atoms with Crippen LogP contribution in [0.4, 0.5) is 17.1 Å². The van der Waals surface area contributed by atoms with Gasteiger partial charge in [-0.25, -0.2) is 0 Å². The molecule has 0 heterocycles. The summed E-state index contributed by atoms with van der Waals surface area (Å²) in [5.74, 6) is -0.426. The highest BCUT2D eigenvalue weighted by Crippen LogP contribution is 2.53. The van der Waals surface area contributed by atoms with Crippen LogP contribution in [0.25, 0.3) is 28.3 Å². The number of hydrogen-bond donors (Lipinski definition) is 0. The first-order valence-corrected chi connectivity index (χ1v) is 16.9. The van der Waals surface area contributed by atoms with Crippen molar-refractivity contribution in [3.63, 3.8) is 0 Å². The molecule has 6 aromatic rings. The summed E-state index contributed by atoms with van der Waals surface area (Å²) >= 11 is 0. The number of allylic oxidation sites excluding steroid dienone is 1. The van der Waals surface area contributed by atoms with Crippen LogP contribution in [0.1, 0.15) is 76.2 Å². The Morgan fingerprint density at radius 3 is 1.29 bits per heavy atom. The predicted octanol–water partition coefficient (Wildman–Crippen LogP) is 11.2. The van der Waals surface area contributed by atoms with E-state index in [4.69, 9.17) is 0 Å². The third kappa shape index (κ3) is 4.21. The van der Waals surface area contributed by atoms with Crippen LogP contribution in [0.3, 0.4) is 0 Å². The van der Waals surface area contributed by atoms with Gasteiger partial charge in [-0.2, -0.15) is 0 Å². The highest BCUT2D eigenvalue weighted by molar-refractivity contribution is 6.41. The number of rotatable bonds is 4. The fraction of sp³-hybridized carbons (Fsp3) is 0.130. The van der Waals surface area contributed by atoms with E-state index < -0.39 is 0 Å². The van der Waals surface area contributed by atoms with E-state index in [9.17, 15) is 9.59 Å². The van der Waals surface area contributed by atoms with Gasteiger partial charge in [0.05, 0.1) is 5.57 Å². The summed E-state index contributed by atoms with van der Waals surface area (Å²) in [7, 11) is 0. The molecule has 0 unspecified atom stereocenters. The second-order valence-corrected chi connectivity index (χ2v) is 14.5.